The number of imidazole rings is 1. The van der Waals surface area contributed by atoms with Crippen LogP contribution in [0.5, 0.6) is 0 Å². The Balaban J connectivity index is 1.32. The molecule has 0 saturated heterocycles. The van der Waals surface area contributed by atoms with E-state index in [0.717, 1.165) is 41.9 Å². The maximum Gasteiger partial charge on any atom is 0.241 e. The lowest BCUT2D eigenvalue weighted by Gasteiger charge is -2.29. The molecule has 0 aliphatic heterocycles. The highest BCUT2D eigenvalue weighted by Crippen LogP contribution is 2.49. The van der Waals surface area contributed by atoms with Gasteiger partial charge in [0.1, 0.15) is 5.82 Å². The number of hydrogen-bond acceptors (Lipinski definition) is 4. The minimum absolute atomic E-state index is 0.0732. The largest absolute Gasteiger partial charge is 0.337 e. The summed E-state index contributed by atoms with van der Waals surface area (Å²) in [5.74, 6) is 0.991. The number of fused-ring (bicyclic) bond motifs is 1. The van der Waals surface area contributed by atoms with Crippen molar-refractivity contribution in [1.29, 1.82) is 0 Å². The fourth-order valence-corrected chi connectivity index (χ4v) is 6.93. The molecule has 0 bridgehead atoms. The molecule has 4 aromatic rings. The Labute approximate surface area is 229 Å². The van der Waals surface area contributed by atoms with Gasteiger partial charge in [-0.05, 0) is 72.6 Å². The predicted octanol–water partition coefficient (Wildman–Crippen LogP) is 5.11. The summed E-state index contributed by atoms with van der Waals surface area (Å²) in [4.78, 5) is 20.5. The number of benzene rings is 3. The summed E-state index contributed by atoms with van der Waals surface area (Å²) >= 11 is 0. The van der Waals surface area contributed by atoms with E-state index in [2.05, 4.69) is 21.8 Å². The molecule has 1 amide bonds. The van der Waals surface area contributed by atoms with Crippen molar-refractivity contribution in [3.8, 4) is 0 Å². The molecular formula is C31H32N4O3S. The predicted molar refractivity (Wildman–Crippen MR) is 151 cm³/mol. The van der Waals surface area contributed by atoms with Gasteiger partial charge < -0.3 is 9.47 Å². The van der Waals surface area contributed by atoms with E-state index in [1.807, 2.05) is 59.1 Å². The molecule has 8 heteroatoms. The number of hydrogen-bond donors (Lipinski definition) is 1. The van der Waals surface area contributed by atoms with Crippen LogP contribution >= 0.6 is 0 Å². The van der Waals surface area contributed by atoms with E-state index < -0.39 is 10.0 Å². The highest BCUT2D eigenvalue weighted by atomic mass is 32.2. The number of sulfonamides is 1. The molecule has 1 N–H and O–H groups in total. The van der Waals surface area contributed by atoms with Gasteiger partial charge in [0.05, 0.1) is 11.4 Å². The normalized spacial score (nSPS) is 20.3. The van der Waals surface area contributed by atoms with E-state index >= 15 is 0 Å². The van der Waals surface area contributed by atoms with Crippen molar-refractivity contribution in [3.05, 3.63) is 114 Å². The van der Waals surface area contributed by atoms with Crippen molar-refractivity contribution in [2.75, 3.05) is 4.90 Å². The zero-order valence-corrected chi connectivity index (χ0v) is 22.7. The molecule has 7 nitrogen and oxygen atoms in total. The lowest BCUT2D eigenvalue weighted by atomic mass is 9.87. The topological polar surface area (TPSA) is 84.3 Å². The fourth-order valence-electron chi connectivity index (χ4n) is 5.66. The second-order valence-corrected chi connectivity index (χ2v) is 12.2. The number of nitrogens with one attached hydrogen (secondary N) is 1. The highest BCUT2D eigenvalue weighted by molar-refractivity contribution is 7.89. The minimum atomic E-state index is -3.68. The summed E-state index contributed by atoms with van der Waals surface area (Å²) in [5.41, 5.74) is 4.01. The van der Waals surface area contributed by atoms with E-state index in [0.29, 0.717) is 13.0 Å². The highest BCUT2D eigenvalue weighted by Gasteiger charge is 2.46. The van der Waals surface area contributed by atoms with Gasteiger partial charge in [0.15, 0.2) is 0 Å². The van der Waals surface area contributed by atoms with Crippen LogP contribution in [0.1, 0.15) is 53.7 Å². The Hall–Kier alpha value is -3.75. The first-order chi connectivity index (χ1) is 18.9. The van der Waals surface area contributed by atoms with Crippen molar-refractivity contribution in [2.24, 2.45) is 13.0 Å². The SMILES string of the molecule is Cn1ccnc1CN(C(=O)[C@H]1C[C@@H]1c1ccccc1)c1ccc2c(c1)[C@H](NS(=O)(=O)c1ccccc1)CCC2. The van der Waals surface area contributed by atoms with E-state index in [-0.39, 0.29) is 28.7 Å². The monoisotopic (exact) mass is 540 g/mol. The van der Waals surface area contributed by atoms with Crippen LogP contribution in [0.25, 0.3) is 0 Å². The lowest BCUT2D eigenvalue weighted by Crippen LogP contribution is -2.34. The Bertz CT molecular complexity index is 1580. The number of aryl methyl sites for hydroxylation is 2. The van der Waals surface area contributed by atoms with Crippen LogP contribution in [-0.2, 0) is 34.8 Å². The van der Waals surface area contributed by atoms with Gasteiger partial charge in [-0.3, -0.25) is 4.79 Å². The summed E-state index contributed by atoms with van der Waals surface area (Å²) in [6.45, 7) is 0.347. The zero-order chi connectivity index (χ0) is 27.0. The molecule has 2 aliphatic carbocycles. The van der Waals surface area contributed by atoms with E-state index in [9.17, 15) is 13.2 Å². The third kappa shape index (κ3) is 5.27. The van der Waals surface area contributed by atoms with Crippen LogP contribution < -0.4 is 9.62 Å². The standard InChI is InChI=1S/C31H32N4O3S/c1-34-18-17-32-30(34)21-35(31(36)28-20-26(28)22-9-4-2-5-10-22)24-16-15-23-11-8-14-29(27(23)19-24)33-39(37,38)25-12-6-3-7-13-25/h2-7,9-10,12-13,15-19,26,28-29,33H,8,11,14,20-21H2,1H3/t26-,28+,29-/m1/s1. The second-order valence-electron chi connectivity index (χ2n) is 10.5. The molecule has 3 aromatic carbocycles. The van der Waals surface area contributed by atoms with E-state index in [1.165, 1.54) is 5.56 Å². The average Bonchev–Trinajstić information content (AvgIpc) is 3.67. The average molecular weight is 541 g/mol. The summed E-state index contributed by atoms with van der Waals surface area (Å²) in [6.07, 6.45) is 6.92. The van der Waals surface area contributed by atoms with Crippen LogP contribution in [0.3, 0.4) is 0 Å². The molecule has 200 valence electrons. The number of anilines is 1. The molecule has 2 aliphatic rings. The molecule has 3 atom stereocenters. The smallest absolute Gasteiger partial charge is 0.241 e. The quantitative estimate of drug-likeness (QED) is 0.337. The lowest BCUT2D eigenvalue weighted by molar-refractivity contribution is -0.120. The van der Waals surface area contributed by atoms with Gasteiger partial charge in [0.2, 0.25) is 15.9 Å². The molecular weight excluding hydrogens is 508 g/mol. The number of rotatable bonds is 8. The molecule has 1 aromatic heterocycles. The van der Waals surface area contributed by atoms with Crippen molar-refractivity contribution in [2.45, 2.75) is 49.1 Å². The number of carbonyl (C=O) groups excluding carboxylic acids is 1. The maximum atomic E-state index is 14.0. The van der Waals surface area contributed by atoms with Gasteiger partial charge in [-0.1, -0.05) is 54.6 Å². The van der Waals surface area contributed by atoms with Crippen molar-refractivity contribution >= 4 is 21.6 Å². The van der Waals surface area contributed by atoms with Gasteiger partial charge in [-0.15, -0.1) is 0 Å². The summed E-state index contributed by atoms with van der Waals surface area (Å²) in [5, 5.41) is 0. The van der Waals surface area contributed by atoms with Crippen LogP contribution in [0.15, 0.2) is 96.2 Å². The van der Waals surface area contributed by atoms with Crippen molar-refractivity contribution < 1.29 is 13.2 Å². The van der Waals surface area contributed by atoms with Crippen molar-refractivity contribution in [3.63, 3.8) is 0 Å². The molecule has 1 heterocycles. The first kappa shape index (κ1) is 25.5. The van der Waals surface area contributed by atoms with Gasteiger partial charge in [-0.25, -0.2) is 18.1 Å². The number of nitrogens with zero attached hydrogens (tertiary/aromatic N) is 3. The third-order valence-electron chi connectivity index (χ3n) is 7.93. The Morgan fingerprint density at radius 3 is 2.51 bits per heavy atom. The summed E-state index contributed by atoms with van der Waals surface area (Å²) in [7, 11) is -1.76. The molecule has 39 heavy (non-hydrogen) atoms. The van der Waals surface area contributed by atoms with E-state index in [1.54, 1.807) is 36.5 Å². The van der Waals surface area contributed by atoms with Crippen LogP contribution in [0.4, 0.5) is 5.69 Å². The van der Waals surface area contributed by atoms with Crippen LogP contribution in [0.2, 0.25) is 0 Å². The molecule has 6 rings (SSSR count). The molecule has 0 unspecified atom stereocenters. The molecule has 1 fully saturated rings. The van der Waals surface area contributed by atoms with Crippen LogP contribution in [-0.4, -0.2) is 23.9 Å². The summed E-state index contributed by atoms with van der Waals surface area (Å²) in [6, 6.07) is 24.4. The van der Waals surface area contributed by atoms with Crippen molar-refractivity contribution in [1.82, 2.24) is 14.3 Å². The van der Waals surface area contributed by atoms with Crippen LogP contribution in [0, 0.1) is 5.92 Å². The fraction of sp³-hybridized carbons (Fsp3) is 0.290. The first-order valence-electron chi connectivity index (χ1n) is 13.4. The molecule has 0 radical (unpaired) electrons. The second kappa shape index (κ2) is 10.4. The number of aromatic nitrogens is 2. The number of carbonyl (C=O) groups is 1. The van der Waals surface area contributed by atoms with E-state index in [4.69, 9.17) is 0 Å². The first-order valence-corrected chi connectivity index (χ1v) is 14.9. The molecule has 0 spiro atoms. The number of amides is 1. The van der Waals surface area contributed by atoms with Gasteiger partial charge in [0.25, 0.3) is 0 Å². The minimum Gasteiger partial charge on any atom is -0.337 e. The Morgan fingerprint density at radius 2 is 1.79 bits per heavy atom. The maximum absolute atomic E-state index is 14.0. The van der Waals surface area contributed by atoms with Gasteiger partial charge in [0, 0.05) is 37.1 Å². The molecule has 1 saturated carbocycles. The zero-order valence-electron chi connectivity index (χ0n) is 21.9. The van der Waals surface area contributed by atoms with Gasteiger partial charge >= 0.3 is 0 Å². The third-order valence-corrected chi connectivity index (χ3v) is 9.42. The van der Waals surface area contributed by atoms with Gasteiger partial charge in [-0.2, -0.15) is 0 Å². The Kier molecular flexibility index (Phi) is 6.83. The Morgan fingerprint density at radius 1 is 1.05 bits per heavy atom. The summed E-state index contributed by atoms with van der Waals surface area (Å²) < 4.78 is 31.2.